The molecule has 0 aliphatic carbocycles. The van der Waals surface area contributed by atoms with Gasteiger partial charge in [0.05, 0.1) is 0 Å². The predicted molar refractivity (Wildman–Crippen MR) is 73.4 cm³/mol. The zero-order valence-corrected chi connectivity index (χ0v) is 11.7. The largest absolute Gasteiger partial charge is 0.342 e. The second-order valence-electron chi connectivity index (χ2n) is 5.58. The SMILES string of the molecule is Cc1ccccc1CN1CCC(=O)NC(C)(C)C1=O. The van der Waals surface area contributed by atoms with Crippen molar-refractivity contribution in [3.05, 3.63) is 35.4 Å². The summed E-state index contributed by atoms with van der Waals surface area (Å²) in [6, 6.07) is 8.01. The Kier molecular flexibility index (Phi) is 3.60. The van der Waals surface area contributed by atoms with E-state index in [1.807, 2.05) is 31.2 Å². The Morgan fingerprint density at radius 3 is 2.63 bits per heavy atom. The van der Waals surface area contributed by atoms with Crippen molar-refractivity contribution in [3.8, 4) is 0 Å². The molecule has 0 bridgehead atoms. The van der Waals surface area contributed by atoms with Crippen LogP contribution >= 0.6 is 0 Å². The minimum absolute atomic E-state index is 0.0263. The number of aryl methyl sites for hydroxylation is 1. The molecule has 0 spiro atoms. The molecule has 102 valence electrons. The van der Waals surface area contributed by atoms with Crippen molar-refractivity contribution in [2.24, 2.45) is 0 Å². The fraction of sp³-hybridized carbons (Fsp3) is 0.467. The van der Waals surface area contributed by atoms with E-state index in [0.29, 0.717) is 19.5 Å². The fourth-order valence-corrected chi connectivity index (χ4v) is 2.34. The summed E-state index contributed by atoms with van der Waals surface area (Å²) >= 11 is 0. The molecular weight excluding hydrogens is 240 g/mol. The summed E-state index contributed by atoms with van der Waals surface area (Å²) in [4.78, 5) is 25.8. The maximum atomic E-state index is 12.4. The van der Waals surface area contributed by atoms with Gasteiger partial charge in [-0.2, -0.15) is 0 Å². The van der Waals surface area contributed by atoms with Crippen LogP contribution in [0.5, 0.6) is 0 Å². The van der Waals surface area contributed by atoms with Crippen LogP contribution in [0.25, 0.3) is 0 Å². The number of carbonyl (C=O) groups excluding carboxylic acids is 2. The highest BCUT2D eigenvalue weighted by atomic mass is 16.2. The molecule has 0 aromatic heterocycles. The third kappa shape index (κ3) is 2.95. The number of carbonyl (C=O) groups is 2. The molecule has 1 fully saturated rings. The minimum atomic E-state index is -0.823. The second kappa shape index (κ2) is 5.03. The van der Waals surface area contributed by atoms with Crippen LogP contribution in [0.15, 0.2) is 24.3 Å². The molecule has 4 heteroatoms. The van der Waals surface area contributed by atoms with E-state index in [4.69, 9.17) is 0 Å². The summed E-state index contributed by atoms with van der Waals surface area (Å²) in [6.45, 7) is 6.57. The molecule has 1 aromatic rings. The van der Waals surface area contributed by atoms with E-state index >= 15 is 0 Å². The van der Waals surface area contributed by atoms with Gasteiger partial charge in [-0.1, -0.05) is 24.3 Å². The average Bonchev–Trinajstić information content (AvgIpc) is 2.43. The van der Waals surface area contributed by atoms with E-state index in [1.165, 1.54) is 0 Å². The highest BCUT2D eigenvalue weighted by Gasteiger charge is 2.36. The van der Waals surface area contributed by atoms with Crippen LogP contribution in [0.2, 0.25) is 0 Å². The average molecular weight is 260 g/mol. The van der Waals surface area contributed by atoms with Gasteiger partial charge in [0, 0.05) is 19.5 Å². The smallest absolute Gasteiger partial charge is 0.248 e. The summed E-state index contributed by atoms with van der Waals surface area (Å²) in [5, 5.41) is 2.77. The molecule has 19 heavy (non-hydrogen) atoms. The molecule has 1 aliphatic rings. The summed E-state index contributed by atoms with van der Waals surface area (Å²) < 4.78 is 0. The minimum Gasteiger partial charge on any atom is -0.342 e. The molecular formula is C15H20N2O2. The van der Waals surface area contributed by atoms with Gasteiger partial charge in [0.2, 0.25) is 11.8 Å². The van der Waals surface area contributed by atoms with Crippen LogP contribution in [-0.4, -0.2) is 28.8 Å². The van der Waals surface area contributed by atoms with Crippen molar-refractivity contribution in [1.29, 1.82) is 0 Å². The van der Waals surface area contributed by atoms with E-state index < -0.39 is 5.54 Å². The van der Waals surface area contributed by atoms with Gasteiger partial charge in [-0.05, 0) is 31.9 Å². The van der Waals surface area contributed by atoms with Crippen LogP contribution in [0.1, 0.15) is 31.4 Å². The first-order valence-corrected chi connectivity index (χ1v) is 6.55. The Morgan fingerprint density at radius 2 is 1.95 bits per heavy atom. The number of benzene rings is 1. The predicted octanol–water partition coefficient (Wildman–Crippen LogP) is 1.62. The monoisotopic (exact) mass is 260 g/mol. The quantitative estimate of drug-likeness (QED) is 0.878. The van der Waals surface area contributed by atoms with E-state index in [9.17, 15) is 9.59 Å². The van der Waals surface area contributed by atoms with Gasteiger partial charge < -0.3 is 10.2 Å². The summed E-state index contributed by atoms with van der Waals surface area (Å²) in [6.07, 6.45) is 0.362. The Labute approximate surface area is 113 Å². The summed E-state index contributed by atoms with van der Waals surface area (Å²) in [5.74, 6) is -0.0905. The lowest BCUT2D eigenvalue weighted by atomic mass is 10.0. The number of hydrogen-bond donors (Lipinski definition) is 1. The van der Waals surface area contributed by atoms with E-state index in [-0.39, 0.29) is 11.8 Å². The number of amides is 2. The van der Waals surface area contributed by atoms with Crippen LogP contribution in [0, 0.1) is 6.92 Å². The normalized spacial score (nSPS) is 19.0. The standard InChI is InChI=1S/C15H20N2O2/c1-11-6-4-5-7-12(11)10-17-9-8-13(18)16-15(2,3)14(17)19/h4-7H,8-10H2,1-3H3,(H,16,18). The molecule has 1 aliphatic heterocycles. The molecule has 1 heterocycles. The Bertz CT molecular complexity index is 509. The first-order valence-electron chi connectivity index (χ1n) is 6.55. The summed E-state index contributed by atoms with van der Waals surface area (Å²) in [7, 11) is 0. The van der Waals surface area contributed by atoms with Gasteiger partial charge in [-0.25, -0.2) is 0 Å². The number of nitrogens with one attached hydrogen (secondary N) is 1. The van der Waals surface area contributed by atoms with Gasteiger partial charge in [0.25, 0.3) is 0 Å². The van der Waals surface area contributed by atoms with E-state index in [2.05, 4.69) is 5.32 Å². The Hall–Kier alpha value is -1.84. The Morgan fingerprint density at radius 1 is 1.26 bits per heavy atom. The molecule has 2 amide bonds. The van der Waals surface area contributed by atoms with Gasteiger partial charge >= 0.3 is 0 Å². The molecule has 1 saturated heterocycles. The second-order valence-corrected chi connectivity index (χ2v) is 5.58. The topological polar surface area (TPSA) is 49.4 Å². The first kappa shape index (κ1) is 13.6. The molecule has 4 nitrogen and oxygen atoms in total. The summed E-state index contributed by atoms with van der Waals surface area (Å²) in [5.41, 5.74) is 1.47. The molecule has 0 unspecified atom stereocenters. The zero-order chi connectivity index (χ0) is 14.0. The van der Waals surface area contributed by atoms with E-state index in [1.54, 1.807) is 18.7 Å². The van der Waals surface area contributed by atoms with Crippen molar-refractivity contribution in [3.63, 3.8) is 0 Å². The van der Waals surface area contributed by atoms with Gasteiger partial charge in [0.15, 0.2) is 0 Å². The lowest BCUT2D eigenvalue weighted by Gasteiger charge is -2.29. The first-order chi connectivity index (χ1) is 8.90. The van der Waals surface area contributed by atoms with Crippen LogP contribution in [-0.2, 0) is 16.1 Å². The lowest BCUT2D eigenvalue weighted by molar-refractivity contribution is -0.137. The number of nitrogens with zero attached hydrogens (tertiary/aromatic N) is 1. The molecule has 0 saturated carbocycles. The van der Waals surface area contributed by atoms with Crippen molar-refractivity contribution >= 4 is 11.8 Å². The van der Waals surface area contributed by atoms with Crippen molar-refractivity contribution in [2.75, 3.05) is 6.54 Å². The zero-order valence-electron chi connectivity index (χ0n) is 11.7. The fourth-order valence-electron chi connectivity index (χ4n) is 2.34. The third-order valence-electron chi connectivity index (χ3n) is 3.51. The van der Waals surface area contributed by atoms with Crippen molar-refractivity contribution in [1.82, 2.24) is 10.2 Å². The van der Waals surface area contributed by atoms with Crippen molar-refractivity contribution < 1.29 is 9.59 Å². The number of rotatable bonds is 2. The van der Waals surface area contributed by atoms with Crippen LogP contribution < -0.4 is 5.32 Å². The molecule has 1 N–H and O–H groups in total. The molecule has 1 aromatic carbocycles. The van der Waals surface area contributed by atoms with Gasteiger partial charge in [-0.15, -0.1) is 0 Å². The molecule has 0 radical (unpaired) electrons. The van der Waals surface area contributed by atoms with Gasteiger partial charge in [-0.3, -0.25) is 9.59 Å². The molecule has 2 rings (SSSR count). The third-order valence-corrected chi connectivity index (χ3v) is 3.51. The lowest BCUT2D eigenvalue weighted by Crippen LogP contribution is -2.52. The maximum absolute atomic E-state index is 12.4. The van der Waals surface area contributed by atoms with Gasteiger partial charge in [0.1, 0.15) is 5.54 Å². The highest BCUT2D eigenvalue weighted by molar-refractivity contribution is 5.92. The maximum Gasteiger partial charge on any atom is 0.248 e. The highest BCUT2D eigenvalue weighted by Crippen LogP contribution is 2.17. The Balaban J connectivity index is 2.22. The van der Waals surface area contributed by atoms with Crippen molar-refractivity contribution in [2.45, 2.75) is 39.3 Å². The van der Waals surface area contributed by atoms with E-state index in [0.717, 1.165) is 11.1 Å². The van der Waals surface area contributed by atoms with Crippen LogP contribution in [0.4, 0.5) is 0 Å². The molecule has 0 atom stereocenters. The van der Waals surface area contributed by atoms with Crippen LogP contribution in [0.3, 0.4) is 0 Å². The number of hydrogen-bond acceptors (Lipinski definition) is 2.